The van der Waals surface area contributed by atoms with Crippen LogP contribution in [0, 0.1) is 13.8 Å². The van der Waals surface area contributed by atoms with E-state index in [1.54, 1.807) is 6.07 Å². The van der Waals surface area contributed by atoms with Gasteiger partial charge in [0.05, 0.1) is 24.4 Å². The van der Waals surface area contributed by atoms with Gasteiger partial charge in [-0.15, -0.1) is 10.2 Å². The van der Waals surface area contributed by atoms with Gasteiger partial charge in [0.25, 0.3) is 0 Å². The summed E-state index contributed by atoms with van der Waals surface area (Å²) in [6.07, 6.45) is 1.29. The second-order valence-electron chi connectivity index (χ2n) is 6.92. The Balaban J connectivity index is 1.62. The van der Waals surface area contributed by atoms with E-state index < -0.39 is 0 Å². The van der Waals surface area contributed by atoms with E-state index in [1.165, 1.54) is 0 Å². The fraction of sp³-hybridized carbons (Fsp3) is 0.474. The zero-order valence-corrected chi connectivity index (χ0v) is 14.7. The highest BCUT2D eigenvalue weighted by atomic mass is 16.5. The highest BCUT2D eigenvalue weighted by Gasteiger charge is 2.35. The molecule has 0 saturated carbocycles. The summed E-state index contributed by atoms with van der Waals surface area (Å²) in [5.41, 5.74) is 3.49. The Morgan fingerprint density at radius 2 is 2.12 bits per heavy atom. The molecule has 2 N–H and O–H groups in total. The van der Waals surface area contributed by atoms with Crippen molar-refractivity contribution < 1.29 is 9.84 Å². The lowest BCUT2D eigenvalue weighted by Gasteiger charge is -2.44. The van der Waals surface area contributed by atoms with Crippen molar-refractivity contribution in [1.29, 1.82) is 0 Å². The molecular weight excluding hydrogens is 316 g/mol. The van der Waals surface area contributed by atoms with Crippen LogP contribution in [0.4, 0.5) is 5.82 Å². The van der Waals surface area contributed by atoms with Crippen molar-refractivity contribution in [2.75, 3.05) is 31.1 Å². The van der Waals surface area contributed by atoms with Crippen LogP contribution in [0.1, 0.15) is 17.5 Å². The number of nitrogens with one attached hydrogen (secondary N) is 1. The summed E-state index contributed by atoms with van der Waals surface area (Å²) in [6.45, 7) is 7.42. The summed E-state index contributed by atoms with van der Waals surface area (Å²) >= 11 is 0. The predicted molar refractivity (Wildman–Crippen MR) is 97.0 cm³/mol. The largest absolute Gasteiger partial charge is 0.507 e. The number of morpholine rings is 1. The number of hydrogen-bond donors (Lipinski definition) is 2. The first-order valence-corrected chi connectivity index (χ1v) is 8.87. The molecule has 0 bridgehead atoms. The van der Waals surface area contributed by atoms with Gasteiger partial charge < -0.3 is 20.1 Å². The monoisotopic (exact) mass is 340 g/mol. The van der Waals surface area contributed by atoms with E-state index in [0.29, 0.717) is 11.7 Å². The van der Waals surface area contributed by atoms with E-state index in [1.807, 2.05) is 32.0 Å². The molecule has 2 fully saturated rings. The molecule has 0 aliphatic carbocycles. The number of ether oxygens (including phenoxy) is 1. The zero-order valence-electron chi connectivity index (χ0n) is 14.7. The van der Waals surface area contributed by atoms with Crippen molar-refractivity contribution in [3.05, 3.63) is 35.4 Å². The third kappa shape index (κ3) is 3.07. The third-order valence-electron chi connectivity index (χ3n) is 5.11. The van der Waals surface area contributed by atoms with Crippen LogP contribution >= 0.6 is 0 Å². The molecule has 4 rings (SSSR count). The Labute approximate surface area is 147 Å². The Bertz CT molecular complexity index is 738. The Hall–Kier alpha value is -2.18. The maximum absolute atomic E-state index is 10.3. The fourth-order valence-corrected chi connectivity index (χ4v) is 3.97. The number of fused-ring (bicyclic) bond motifs is 1. The summed E-state index contributed by atoms with van der Waals surface area (Å²) in [6, 6.07) is 8.05. The van der Waals surface area contributed by atoms with Crippen LogP contribution < -0.4 is 10.2 Å². The van der Waals surface area contributed by atoms with E-state index in [-0.39, 0.29) is 11.9 Å². The van der Waals surface area contributed by atoms with E-state index in [0.717, 1.165) is 55.2 Å². The minimum atomic E-state index is 0.252. The molecule has 2 aromatic rings. The van der Waals surface area contributed by atoms with Crippen LogP contribution in [0.5, 0.6) is 5.75 Å². The van der Waals surface area contributed by atoms with Gasteiger partial charge in [-0.25, -0.2) is 0 Å². The molecule has 3 heterocycles. The maximum atomic E-state index is 10.3. The third-order valence-corrected chi connectivity index (χ3v) is 5.11. The molecule has 132 valence electrons. The molecule has 2 aliphatic heterocycles. The first-order valence-electron chi connectivity index (χ1n) is 8.87. The van der Waals surface area contributed by atoms with Crippen molar-refractivity contribution in [2.45, 2.75) is 32.4 Å². The number of benzene rings is 1. The van der Waals surface area contributed by atoms with Crippen molar-refractivity contribution in [2.24, 2.45) is 0 Å². The van der Waals surface area contributed by atoms with Crippen molar-refractivity contribution in [1.82, 2.24) is 15.5 Å². The minimum Gasteiger partial charge on any atom is -0.507 e. The number of phenolic OH excluding ortho intramolecular Hbond substituents is 1. The van der Waals surface area contributed by atoms with Gasteiger partial charge in [-0.2, -0.15) is 0 Å². The van der Waals surface area contributed by atoms with Gasteiger partial charge in [0, 0.05) is 18.7 Å². The van der Waals surface area contributed by atoms with Gasteiger partial charge >= 0.3 is 0 Å². The zero-order chi connectivity index (χ0) is 17.4. The molecule has 25 heavy (non-hydrogen) atoms. The maximum Gasteiger partial charge on any atom is 0.151 e. The summed E-state index contributed by atoms with van der Waals surface area (Å²) in [4.78, 5) is 2.29. The molecule has 1 aromatic carbocycles. The van der Waals surface area contributed by atoms with Crippen LogP contribution in [-0.4, -0.2) is 53.7 Å². The number of nitrogens with zero attached hydrogens (tertiary/aromatic N) is 3. The highest BCUT2D eigenvalue weighted by Crippen LogP contribution is 2.33. The van der Waals surface area contributed by atoms with Crippen LogP contribution in [0.3, 0.4) is 0 Å². The van der Waals surface area contributed by atoms with E-state index in [4.69, 9.17) is 4.74 Å². The molecule has 2 saturated heterocycles. The SMILES string of the molecule is Cc1cc(C)c(-c2ccc(N3CCO[C@@H]4CCNC[C@@H]43)nn2)c(O)c1. The van der Waals surface area contributed by atoms with Gasteiger partial charge in [0.15, 0.2) is 5.82 Å². The Morgan fingerprint density at radius 3 is 2.88 bits per heavy atom. The molecule has 2 aliphatic rings. The van der Waals surface area contributed by atoms with Gasteiger partial charge in [-0.3, -0.25) is 0 Å². The molecule has 0 amide bonds. The average Bonchev–Trinajstić information content (AvgIpc) is 2.61. The number of aromatic hydroxyl groups is 1. The predicted octanol–water partition coefficient (Wildman–Crippen LogP) is 2.03. The van der Waals surface area contributed by atoms with Crippen molar-refractivity contribution in [3.8, 4) is 17.0 Å². The Morgan fingerprint density at radius 1 is 1.24 bits per heavy atom. The number of aromatic nitrogens is 2. The van der Waals surface area contributed by atoms with E-state index in [9.17, 15) is 5.11 Å². The topological polar surface area (TPSA) is 70.5 Å². The van der Waals surface area contributed by atoms with Crippen LogP contribution in [0.2, 0.25) is 0 Å². The quantitative estimate of drug-likeness (QED) is 0.872. The van der Waals surface area contributed by atoms with Crippen molar-refractivity contribution in [3.63, 3.8) is 0 Å². The van der Waals surface area contributed by atoms with Crippen LogP contribution in [0.15, 0.2) is 24.3 Å². The molecule has 2 atom stereocenters. The normalized spacial score (nSPS) is 23.4. The lowest BCUT2D eigenvalue weighted by molar-refractivity contribution is -0.00377. The van der Waals surface area contributed by atoms with Gasteiger partial charge in [-0.1, -0.05) is 6.07 Å². The number of anilines is 1. The molecule has 0 spiro atoms. The van der Waals surface area contributed by atoms with Crippen molar-refractivity contribution >= 4 is 5.82 Å². The van der Waals surface area contributed by atoms with Crippen LogP contribution in [-0.2, 0) is 4.74 Å². The number of phenols is 1. The van der Waals surface area contributed by atoms with Gasteiger partial charge in [0.1, 0.15) is 5.75 Å². The first kappa shape index (κ1) is 16.3. The average molecular weight is 340 g/mol. The number of piperidine rings is 1. The molecule has 6 nitrogen and oxygen atoms in total. The lowest BCUT2D eigenvalue weighted by atomic mass is 10.00. The Kier molecular flexibility index (Phi) is 4.31. The van der Waals surface area contributed by atoms with Gasteiger partial charge in [-0.05, 0) is 56.1 Å². The molecule has 0 radical (unpaired) electrons. The summed E-state index contributed by atoms with van der Waals surface area (Å²) in [5.74, 6) is 1.12. The second kappa shape index (κ2) is 6.61. The van der Waals surface area contributed by atoms with Crippen LogP contribution in [0.25, 0.3) is 11.3 Å². The minimum absolute atomic E-state index is 0.252. The molecule has 0 unspecified atom stereocenters. The number of rotatable bonds is 2. The summed E-state index contributed by atoms with van der Waals surface area (Å²) in [5, 5.41) is 22.6. The van der Waals surface area contributed by atoms with Gasteiger partial charge in [0.2, 0.25) is 0 Å². The summed E-state index contributed by atoms with van der Waals surface area (Å²) in [7, 11) is 0. The fourth-order valence-electron chi connectivity index (χ4n) is 3.97. The molecular formula is C19H24N4O2. The lowest BCUT2D eigenvalue weighted by Crippen LogP contribution is -2.59. The second-order valence-corrected chi connectivity index (χ2v) is 6.92. The highest BCUT2D eigenvalue weighted by molar-refractivity contribution is 5.71. The number of aryl methyl sites for hydroxylation is 2. The number of hydrogen-bond acceptors (Lipinski definition) is 6. The smallest absolute Gasteiger partial charge is 0.151 e. The van der Waals surface area contributed by atoms with E-state index in [2.05, 4.69) is 20.4 Å². The standard InChI is InChI=1S/C19H24N4O2/c1-12-9-13(2)19(16(24)10-12)14-3-4-18(22-21-14)23-7-8-25-17-5-6-20-11-15(17)23/h3-4,9-10,15,17,20,24H,5-8,11H2,1-2H3/t15-,17+/m0/s1. The first-order chi connectivity index (χ1) is 12.1. The molecule has 6 heteroatoms. The summed E-state index contributed by atoms with van der Waals surface area (Å²) < 4.78 is 5.91. The van der Waals surface area contributed by atoms with E-state index >= 15 is 0 Å². The molecule has 1 aromatic heterocycles.